The molecule has 5 heteroatoms. The molecular weight excluding hydrogens is 264 g/mol. The predicted octanol–water partition coefficient (Wildman–Crippen LogP) is 1.91. The van der Waals surface area contributed by atoms with E-state index >= 15 is 0 Å². The van der Waals surface area contributed by atoms with Crippen molar-refractivity contribution in [2.24, 2.45) is 0 Å². The van der Waals surface area contributed by atoms with Crippen LogP contribution in [0.4, 0.5) is 0 Å². The smallest absolute Gasteiger partial charge is 0.266 e. The molecule has 1 fully saturated rings. The van der Waals surface area contributed by atoms with Crippen LogP contribution in [0.2, 0.25) is 0 Å². The van der Waals surface area contributed by atoms with E-state index in [4.69, 9.17) is 0 Å². The van der Waals surface area contributed by atoms with E-state index in [1.807, 2.05) is 24.4 Å². The van der Waals surface area contributed by atoms with Crippen LogP contribution in [0.5, 0.6) is 0 Å². The van der Waals surface area contributed by atoms with Gasteiger partial charge in [-0.1, -0.05) is 6.07 Å². The third-order valence-corrected chi connectivity index (χ3v) is 4.08. The maximum atomic E-state index is 11.8. The fourth-order valence-electron chi connectivity index (χ4n) is 2.92. The summed E-state index contributed by atoms with van der Waals surface area (Å²) in [5, 5.41) is 7.75. The fraction of sp³-hybridized carbons (Fsp3) is 0.438. The topological polar surface area (TPSA) is 59.8 Å². The summed E-state index contributed by atoms with van der Waals surface area (Å²) in [6.45, 7) is 0.805. The molecule has 0 saturated heterocycles. The maximum absolute atomic E-state index is 11.8. The largest absolute Gasteiger partial charge is 0.308 e. The van der Waals surface area contributed by atoms with Gasteiger partial charge >= 0.3 is 0 Å². The zero-order chi connectivity index (χ0) is 14.5. The number of hydrogen-bond acceptors (Lipinski definition) is 4. The Kier molecular flexibility index (Phi) is 4.40. The Hall–Kier alpha value is -2.01. The van der Waals surface area contributed by atoms with Crippen LogP contribution in [0.15, 0.2) is 47.5 Å². The maximum Gasteiger partial charge on any atom is 0.266 e. The van der Waals surface area contributed by atoms with Gasteiger partial charge in [0, 0.05) is 31.0 Å². The second-order valence-corrected chi connectivity index (χ2v) is 5.51. The molecule has 21 heavy (non-hydrogen) atoms. The highest BCUT2D eigenvalue weighted by molar-refractivity contribution is 5.03. The van der Waals surface area contributed by atoms with Crippen molar-refractivity contribution in [3.63, 3.8) is 0 Å². The van der Waals surface area contributed by atoms with Gasteiger partial charge in [0.15, 0.2) is 0 Å². The molecular formula is C16H20N4O. The average molecular weight is 284 g/mol. The van der Waals surface area contributed by atoms with Crippen molar-refractivity contribution in [1.82, 2.24) is 20.1 Å². The lowest BCUT2D eigenvalue weighted by Crippen LogP contribution is -2.36. The number of nitrogens with zero attached hydrogens (tertiary/aromatic N) is 3. The van der Waals surface area contributed by atoms with Crippen LogP contribution in [0.3, 0.4) is 0 Å². The van der Waals surface area contributed by atoms with Crippen LogP contribution in [0, 0.1) is 0 Å². The third kappa shape index (κ3) is 3.55. The zero-order valence-electron chi connectivity index (χ0n) is 12.0. The van der Waals surface area contributed by atoms with Crippen molar-refractivity contribution < 1.29 is 0 Å². The first-order chi connectivity index (χ1) is 10.3. The molecule has 0 bridgehead atoms. The van der Waals surface area contributed by atoms with Crippen molar-refractivity contribution >= 4 is 0 Å². The Labute approximate surface area is 124 Å². The van der Waals surface area contributed by atoms with E-state index in [9.17, 15) is 4.79 Å². The van der Waals surface area contributed by atoms with E-state index in [-0.39, 0.29) is 11.6 Å². The summed E-state index contributed by atoms with van der Waals surface area (Å²) in [5.41, 5.74) is 1.07. The van der Waals surface area contributed by atoms with Gasteiger partial charge in [0.05, 0.1) is 11.7 Å². The summed E-state index contributed by atoms with van der Waals surface area (Å²) in [7, 11) is 0. The van der Waals surface area contributed by atoms with Gasteiger partial charge in [-0.15, -0.1) is 0 Å². The number of rotatable bonds is 4. The quantitative estimate of drug-likeness (QED) is 0.931. The number of aromatic nitrogens is 3. The molecule has 0 spiro atoms. The van der Waals surface area contributed by atoms with E-state index in [1.165, 1.54) is 0 Å². The molecule has 5 nitrogen and oxygen atoms in total. The summed E-state index contributed by atoms with van der Waals surface area (Å²) >= 11 is 0. The van der Waals surface area contributed by atoms with Crippen molar-refractivity contribution in [2.75, 3.05) is 0 Å². The summed E-state index contributed by atoms with van der Waals surface area (Å²) < 4.78 is 1.63. The highest BCUT2D eigenvalue weighted by Crippen LogP contribution is 2.26. The van der Waals surface area contributed by atoms with Gasteiger partial charge in [0.1, 0.15) is 0 Å². The summed E-state index contributed by atoms with van der Waals surface area (Å²) in [6.07, 6.45) is 7.64. The summed E-state index contributed by atoms with van der Waals surface area (Å²) in [4.78, 5) is 16.1. The minimum Gasteiger partial charge on any atom is -0.308 e. The van der Waals surface area contributed by atoms with E-state index in [0.717, 1.165) is 37.9 Å². The minimum atomic E-state index is 0.00222. The van der Waals surface area contributed by atoms with E-state index in [1.54, 1.807) is 23.0 Å². The van der Waals surface area contributed by atoms with Gasteiger partial charge in [-0.2, -0.15) is 5.10 Å². The molecule has 0 atom stereocenters. The molecule has 2 aromatic rings. The molecule has 1 saturated carbocycles. The van der Waals surface area contributed by atoms with Crippen LogP contribution in [0.1, 0.15) is 37.4 Å². The standard InChI is InChI=1S/C16H20N4O/c21-16-5-3-11-19-20(16)15-8-6-13(7-9-15)18-12-14-4-1-2-10-17-14/h1-5,10-11,13,15,18H,6-9,12H2. The number of hydrogen-bond donors (Lipinski definition) is 1. The van der Waals surface area contributed by atoms with Gasteiger partial charge in [0.25, 0.3) is 5.56 Å². The van der Waals surface area contributed by atoms with Crippen molar-refractivity contribution in [1.29, 1.82) is 0 Å². The first-order valence-electron chi connectivity index (χ1n) is 7.50. The van der Waals surface area contributed by atoms with Gasteiger partial charge in [-0.25, -0.2) is 4.68 Å². The van der Waals surface area contributed by atoms with Crippen LogP contribution in [-0.4, -0.2) is 20.8 Å². The lowest BCUT2D eigenvalue weighted by atomic mass is 9.91. The number of nitrogens with one attached hydrogen (secondary N) is 1. The van der Waals surface area contributed by atoms with Crippen LogP contribution < -0.4 is 10.9 Å². The Bertz CT molecular complexity index is 617. The Morgan fingerprint density at radius 3 is 2.67 bits per heavy atom. The first kappa shape index (κ1) is 13.9. The lowest BCUT2D eigenvalue weighted by molar-refractivity contribution is 0.268. The average Bonchev–Trinajstić information content (AvgIpc) is 2.55. The molecule has 0 aromatic carbocycles. The lowest BCUT2D eigenvalue weighted by Gasteiger charge is -2.29. The monoisotopic (exact) mass is 284 g/mol. The van der Waals surface area contributed by atoms with Gasteiger partial charge in [-0.3, -0.25) is 9.78 Å². The van der Waals surface area contributed by atoms with Gasteiger partial charge in [0.2, 0.25) is 0 Å². The molecule has 110 valence electrons. The van der Waals surface area contributed by atoms with E-state index in [0.29, 0.717) is 6.04 Å². The second-order valence-electron chi connectivity index (χ2n) is 5.51. The van der Waals surface area contributed by atoms with E-state index in [2.05, 4.69) is 15.4 Å². The molecule has 1 aliphatic rings. The zero-order valence-corrected chi connectivity index (χ0v) is 12.0. The summed E-state index contributed by atoms with van der Waals surface area (Å²) in [5.74, 6) is 0. The molecule has 0 aliphatic heterocycles. The molecule has 2 heterocycles. The van der Waals surface area contributed by atoms with Crippen LogP contribution in [-0.2, 0) is 6.54 Å². The Balaban J connectivity index is 1.51. The van der Waals surface area contributed by atoms with Crippen molar-refractivity contribution in [3.8, 4) is 0 Å². The minimum absolute atomic E-state index is 0.00222. The third-order valence-electron chi connectivity index (χ3n) is 4.08. The van der Waals surface area contributed by atoms with E-state index < -0.39 is 0 Å². The highest BCUT2D eigenvalue weighted by Gasteiger charge is 2.23. The Morgan fingerprint density at radius 2 is 1.95 bits per heavy atom. The van der Waals surface area contributed by atoms with Crippen molar-refractivity contribution in [3.05, 3.63) is 58.8 Å². The SMILES string of the molecule is O=c1cccnn1C1CCC(NCc2ccccn2)CC1. The Morgan fingerprint density at radius 1 is 1.10 bits per heavy atom. The van der Waals surface area contributed by atoms with Gasteiger partial charge in [-0.05, 0) is 43.9 Å². The molecule has 2 aromatic heterocycles. The molecule has 0 radical (unpaired) electrons. The number of pyridine rings is 1. The molecule has 3 rings (SSSR count). The second kappa shape index (κ2) is 6.63. The first-order valence-corrected chi connectivity index (χ1v) is 7.50. The van der Waals surface area contributed by atoms with Crippen molar-refractivity contribution in [2.45, 2.75) is 44.3 Å². The highest BCUT2D eigenvalue weighted by atomic mass is 16.1. The molecule has 1 aliphatic carbocycles. The molecule has 0 amide bonds. The van der Waals surface area contributed by atoms with Crippen LogP contribution in [0.25, 0.3) is 0 Å². The van der Waals surface area contributed by atoms with Gasteiger partial charge < -0.3 is 5.32 Å². The van der Waals surface area contributed by atoms with Crippen LogP contribution >= 0.6 is 0 Å². The normalized spacial score (nSPS) is 22.1. The molecule has 0 unspecified atom stereocenters. The fourth-order valence-corrected chi connectivity index (χ4v) is 2.92. The summed E-state index contributed by atoms with van der Waals surface area (Å²) in [6, 6.07) is 9.99. The predicted molar refractivity (Wildman–Crippen MR) is 80.9 cm³/mol. The molecule has 1 N–H and O–H groups in total.